The number of aryl methyl sites for hydroxylation is 1. The van der Waals surface area contributed by atoms with Crippen molar-refractivity contribution in [2.24, 2.45) is 0 Å². The molecule has 1 aromatic heterocycles. The Morgan fingerprint density at radius 3 is 2.87 bits per heavy atom. The number of nitrogens with zero attached hydrogens (tertiary/aromatic N) is 2. The van der Waals surface area contributed by atoms with Crippen LogP contribution < -0.4 is 10.6 Å². The van der Waals surface area contributed by atoms with E-state index in [-0.39, 0.29) is 5.91 Å². The first-order chi connectivity index (χ1) is 11.2. The molecule has 1 fully saturated rings. The van der Waals surface area contributed by atoms with Crippen LogP contribution in [0.5, 0.6) is 0 Å². The number of ether oxygens (including phenoxy) is 1. The van der Waals surface area contributed by atoms with Crippen molar-refractivity contribution in [3.8, 4) is 5.69 Å². The molecule has 1 aliphatic rings. The summed E-state index contributed by atoms with van der Waals surface area (Å²) in [6, 6.07) is 9.99. The summed E-state index contributed by atoms with van der Waals surface area (Å²) in [5.41, 5.74) is 4.03. The van der Waals surface area contributed by atoms with Crippen molar-refractivity contribution in [1.29, 1.82) is 0 Å². The summed E-state index contributed by atoms with van der Waals surface area (Å²) >= 11 is 0. The van der Waals surface area contributed by atoms with Gasteiger partial charge in [-0.1, -0.05) is 18.2 Å². The van der Waals surface area contributed by atoms with Crippen LogP contribution in [0.25, 0.3) is 5.69 Å². The fourth-order valence-electron chi connectivity index (χ4n) is 2.77. The molecule has 1 unspecified atom stereocenters. The number of rotatable bonds is 4. The highest BCUT2D eigenvalue weighted by Gasteiger charge is 2.22. The average molecular weight is 314 g/mol. The average Bonchev–Trinajstić information content (AvgIpc) is 2.88. The molecule has 122 valence electrons. The monoisotopic (exact) mass is 314 g/mol. The highest BCUT2D eigenvalue weighted by atomic mass is 16.5. The summed E-state index contributed by atoms with van der Waals surface area (Å²) in [6.45, 7) is 6.38. The third-order valence-electron chi connectivity index (χ3n) is 4.10. The molecule has 23 heavy (non-hydrogen) atoms. The zero-order valence-corrected chi connectivity index (χ0v) is 13.5. The largest absolute Gasteiger partial charge is 0.366 e. The van der Waals surface area contributed by atoms with E-state index in [0.717, 1.165) is 29.2 Å². The summed E-state index contributed by atoms with van der Waals surface area (Å²) in [6.07, 6.45) is -0.409. The summed E-state index contributed by atoms with van der Waals surface area (Å²) in [7, 11) is 0. The molecule has 0 saturated carbocycles. The van der Waals surface area contributed by atoms with Crippen molar-refractivity contribution >= 4 is 5.91 Å². The van der Waals surface area contributed by atoms with Crippen LogP contribution in [-0.2, 0) is 16.1 Å². The standard InChI is InChI=1S/C17H22N4O2/c1-12-15(10-19-17(22)16-11-18-8-9-23-16)13(2)21(20-12)14-6-4-3-5-7-14/h3-7,16,18H,8-11H2,1-2H3,(H,19,22). The molecule has 3 rings (SSSR count). The second-order valence-electron chi connectivity index (χ2n) is 5.68. The van der Waals surface area contributed by atoms with E-state index in [1.54, 1.807) is 0 Å². The topological polar surface area (TPSA) is 68.2 Å². The minimum atomic E-state index is -0.409. The number of carbonyl (C=O) groups excluding carboxylic acids is 1. The van der Waals surface area contributed by atoms with E-state index in [1.807, 2.05) is 48.9 Å². The maximum atomic E-state index is 12.2. The minimum absolute atomic E-state index is 0.0801. The number of amides is 1. The van der Waals surface area contributed by atoms with Gasteiger partial charge in [-0.2, -0.15) is 5.10 Å². The summed E-state index contributed by atoms with van der Waals surface area (Å²) in [5, 5.41) is 10.7. The molecular weight excluding hydrogens is 292 g/mol. The zero-order chi connectivity index (χ0) is 16.2. The molecule has 6 nitrogen and oxygen atoms in total. The Labute approximate surface area is 135 Å². The van der Waals surface area contributed by atoms with E-state index in [1.165, 1.54) is 0 Å². The van der Waals surface area contributed by atoms with Crippen LogP contribution in [-0.4, -0.2) is 41.5 Å². The van der Waals surface area contributed by atoms with E-state index < -0.39 is 6.10 Å². The highest BCUT2D eigenvalue weighted by molar-refractivity contribution is 5.81. The number of hydrogen-bond donors (Lipinski definition) is 2. The third kappa shape index (κ3) is 3.43. The number of para-hydroxylation sites is 1. The molecule has 0 radical (unpaired) electrons. The van der Waals surface area contributed by atoms with Crippen molar-refractivity contribution < 1.29 is 9.53 Å². The molecular formula is C17H22N4O2. The van der Waals surface area contributed by atoms with Gasteiger partial charge in [0.1, 0.15) is 6.10 Å². The zero-order valence-electron chi connectivity index (χ0n) is 13.5. The van der Waals surface area contributed by atoms with Gasteiger partial charge in [0, 0.05) is 30.9 Å². The number of nitrogens with one attached hydrogen (secondary N) is 2. The molecule has 2 aromatic rings. The van der Waals surface area contributed by atoms with Crippen LogP contribution in [0, 0.1) is 13.8 Å². The van der Waals surface area contributed by atoms with Crippen LogP contribution >= 0.6 is 0 Å². The third-order valence-corrected chi connectivity index (χ3v) is 4.10. The first-order valence-electron chi connectivity index (χ1n) is 7.87. The van der Waals surface area contributed by atoms with Crippen molar-refractivity contribution in [2.45, 2.75) is 26.5 Å². The normalized spacial score (nSPS) is 17.9. The van der Waals surface area contributed by atoms with Crippen LogP contribution in [0.2, 0.25) is 0 Å². The van der Waals surface area contributed by atoms with E-state index in [0.29, 0.717) is 19.7 Å². The van der Waals surface area contributed by atoms with Gasteiger partial charge in [0.05, 0.1) is 18.0 Å². The second kappa shape index (κ2) is 6.93. The fourth-order valence-corrected chi connectivity index (χ4v) is 2.77. The maximum absolute atomic E-state index is 12.2. The molecule has 0 spiro atoms. The quantitative estimate of drug-likeness (QED) is 0.886. The number of morpholine rings is 1. The molecule has 0 bridgehead atoms. The lowest BCUT2D eigenvalue weighted by atomic mass is 10.2. The molecule has 1 saturated heterocycles. The number of carbonyl (C=O) groups is 1. The molecule has 2 N–H and O–H groups in total. The van der Waals surface area contributed by atoms with Crippen LogP contribution in [0.1, 0.15) is 17.0 Å². The number of hydrogen-bond acceptors (Lipinski definition) is 4. The van der Waals surface area contributed by atoms with Gasteiger partial charge in [0.2, 0.25) is 0 Å². The van der Waals surface area contributed by atoms with E-state index in [2.05, 4.69) is 15.7 Å². The Bertz CT molecular complexity index is 675. The Hall–Kier alpha value is -2.18. The van der Waals surface area contributed by atoms with Gasteiger partial charge in [-0.15, -0.1) is 0 Å². The minimum Gasteiger partial charge on any atom is -0.366 e. The lowest BCUT2D eigenvalue weighted by Crippen LogP contribution is -2.47. The van der Waals surface area contributed by atoms with Gasteiger partial charge >= 0.3 is 0 Å². The van der Waals surface area contributed by atoms with E-state index in [9.17, 15) is 4.79 Å². The lowest BCUT2D eigenvalue weighted by Gasteiger charge is -2.22. The molecule has 6 heteroatoms. The molecule has 1 aliphatic heterocycles. The first kappa shape index (κ1) is 15.7. The predicted molar refractivity (Wildman–Crippen MR) is 87.5 cm³/mol. The fraction of sp³-hybridized carbons (Fsp3) is 0.412. The second-order valence-corrected chi connectivity index (χ2v) is 5.68. The molecule has 2 heterocycles. The van der Waals surface area contributed by atoms with Crippen LogP contribution in [0.15, 0.2) is 30.3 Å². The van der Waals surface area contributed by atoms with Gasteiger partial charge in [-0.05, 0) is 26.0 Å². The van der Waals surface area contributed by atoms with Gasteiger partial charge < -0.3 is 15.4 Å². The molecule has 1 amide bonds. The van der Waals surface area contributed by atoms with Crippen molar-refractivity contribution in [2.75, 3.05) is 19.7 Å². The highest BCUT2D eigenvalue weighted by Crippen LogP contribution is 2.17. The van der Waals surface area contributed by atoms with Crippen molar-refractivity contribution in [1.82, 2.24) is 20.4 Å². The van der Waals surface area contributed by atoms with E-state index >= 15 is 0 Å². The van der Waals surface area contributed by atoms with Crippen LogP contribution in [0.3, 0.4) is 0 Å². The molecule has 1 atom stereocenters. The lowest BCUT2D eigenvalue weighted by molar-refractivity contribution is -0.134. The predicted octanol–water partition coefficient (Wildman–Crippen LogP) is 1.09. The Balaban J connectivity index is 1.71. The first-order valence-corrected chi connectivity index (χ1v) is 7.87. The summed E-state index contributed by atoms with van der Waals surface area (Å²) < 4.78 is 7.38. The number of benzene rings is 1. The van der Waals surface area contributed by atoms with Gasteiger partial charge in [-0.25, -0.2) is 4.68 Å². The SMILES string of the molecule is Cc1nn(-c2ccccc2)c(C)c1CNC(=O)C1CNCCO1. The molecule has 0 aliphatic carbocycles. The van der Waals surface area contributed by atoms with Gasteiger partial charge in [0.25, 0.3) is 5.91 Å². The summed E-state index contributed by atoms with van der Waals surface area (Å²) in [4.78, 5) is 12.2. The Morgan fingerprint density at radius 1 is 1.39 bits per heavy atom. The molecule has 1 aromatic carbocycles. The van der Waals surface area contributed by atoms with Crippen LogP contribution in [0.4, 0.5) is 0 Å². The number of aromatic nitrogens is 2. The van der Waals surface area contributed by atoms with E-state index in [4.69, 9.17) is 4.74 Å². The Kier molecular flexibility index (Phi) is 4.73. The van der Waals surface area contributed by atoms with Crippen molar-refractivity contribution in [3.05, 3.63) is 47.3 Å². The van der Waals surface area contributed by atoms with Gasteiger partial charge in [0.15, 0.2) is 0 Å². The summed E-state index contributed by atoms with van der Waals surface area (Å²) in [5.74, 6) is -0.0801. The maximum Gasteiger partial charge on any atom is 0.250 e. The van der Waals surface area contributed by atoms with Crippen molar-refractivity contribution in [3.63, 3.8) is 0 Å². The van der Waals surface area contributed by atoms with Gasteiger partial charge in [-0.3, -0.25) is 4.79 Å². The smallest absolute Gasteiger partial charge is 0.250 e. The Morgan fingerprint density at radius 2 is 2.17 bits per heavy atom.